The van der Waals surface area contributed by atoms with E-state index in [1.54, 1.807) is 6.08 Å². The topological polar surface area (TPSA) is 32.3 Å². The Balaban J connectivity index is 1.50. The van der Waals surface area contributed by atoms with Gasteiger partial charge >= 0.3 is 0 Å². The van der Waals surface area contributed by atoms with Crippen molar-refractivity contribution in [3.8, 4) is 0 Å². The van der Waals surface area contributed by atoms with Gasteiger partial charge in [-0.3, -0.25) is 9.69 Å². The quantitative estimate of drug-likeness (QED) is 0.825. The molecule has 0 radical (unpaired) electrons. The summed E-state index contributed by atoms with van der Waals surface area (Å²) in [6, 6.07) is 18.3. The van der Waals surface area contributed by atoms with E-state index < -0.39 is 0 Å². The number of carbonyl (C=O) groups excluding carboxylic acids is 1. The van der Waals surface area contributed by atoms with Gasteiger partial charge in [-0.05, 0) is 48.7 Å². The number of hydrogen-bond acceptors (Lipinski definition) is 2. The highest BCUT2D eigenvalue weighted by molar-refractivity contribution is 5.91. The summed E-state index contributed by atoms with van der Waals surface area (Å²) in [5.41, 5.74) is 3.50. The molecule has 2 aromatic carbocycles. The van der Waals surface area contributed by atoms with Crippen LogP contribution in [0.1, 0.15) is 29.5 Å². The number of nitrogens with zero attached hydrogens (tertiary/aromatic N) is 1. The second kappa shape index (κ2) is 8.46. The fourth-order valence-electron chi connectivity index (χ4n) is 3.02. The van der Waals surface area contributed by atoms with Crippen molar-refractivity contribution in [1.29, 1.82) is 0 Å². The number of rotatable bonds is 6. The van der Waals surface area contributed by atoms with Gasteiger partial charge < -0.3 is 5.32 Å². The molecular formula is C21H24N2O. The van der Waals surface area contributed by atoms with Crippen LogP contribution in [0, 0.1) is 0 Å². The SMILES string of the molecule is O=C(/C=C/c1ccccc1)NCc1cccc(CN2CCCC2)c1. The highest BCUT2D eigenvalue weighted by Gasteiger charge is 2.11. The van der Waals surface area contributed by atoms with Crippen LogP contribution in [0.5, 0.6) is 0 Å². The molecule has 1 aliphatic rings. The van der Waals surface area contributed by atoms with Gasteiger partial charge in [0.05, 0.1) is 0 Å². The number of nitrogens with one attached hydrogen (secondary N) is 1. The maximum atomic E-state index is 11.9. The lowest BCUT2D eigenvalue weighted by molar-refractivity contribution is -0.116. The highest BCUT2D eigenvalue weighted by atomic mass is 16.1. The average Bonchev–Trinajstić information content (AvgIpc) is 3.12. The predicted octanol–water partition coefficient (Wildman–Crippen LogP) is 3.61. The third kappa shape index (κ3) is 5.07. The summed E-state index contributed by atoms with van der Waals surface area (Å²) in [6.45, 7) is 3.97. The first-order valence-corrected chi connectivity index (χ1v) is 8.61. The van der Waals surface area contributed by atoms with E-state index in [2.05, 4.69) is 34.5 Å². The Morgan fingerprint density at radius 1 is 1.00 bits per heavy atom. The van der Waals surface area contributed by atoms with Gasteiger partial charge in [-0.1, -0.05) is 54.6 Å². The average molecular weight is 320 g/mol. The molecular weight excluding hydrogens is 296 g/mol. The van der Waals surface area contributed by atoms with Crippen molar-refractivity contribution in [2.24, 2.45) is 0 Å². The molecule has 1 aliphatic heterocycles. The molecule has 0 aromatic heterocycles. The molecule has 1 saturated heterocycles. The molecule has 3 rings (SSSR count). The van der Waals surface area contributed by atoms with E-state index in [9.17, 15) is 4.79 Å². The Morgan fingerprint density at radius 3 is 2.54 bits per heavy atom. The van der Waals surface area contributed by atoms with Crippen molar-refractivity contribution >= 4 is 12.0 Å². The standard InChI is InChI=1S/C21H24N2O/c24-21(12-11-18-7-2-1-3-8-18)22-16-19-9-6-10-20(15-19)17-23-13-4-5-14-23/h1-3,6-12,15H,4-5,13-14,16-17H2,(H,22,24)/b12-11+. The Labute approximate surface area is 144 Å². The number of amides is 1. The molecule has 0 unspecified atom stereocenters. The van der Waals surface area contributed by atoms with Crippen LogP contribution in [0.3, 0.4) is 0 Å². The summed E-state index contributed by atoms with van der Waals surface area (Å²) in [5.74, 6) is -0.0659. The van der Waals surface area contributed by atoms with Crippen LogP contribution in [-0.4, -0.2) is 23.9 Å². The normalized spacial score (nSPS) is 15.0. The molecule has 1 fully saturated rings. The first kappa shape index (κ1) is 16.5. The molecule has 2 aromatic rings. The van der Waals surface area contributed by atoms with E-state index >= 15 is 0 Å². The fraction of sp³-hybridized carbons (Fsp3) is 0.286. The number of benzene rings is 2. The predicted molar refractivity (Wildman–Crippen MR) is 98.3 cm³/mol. The third-order valence-electron chi connectivity index (χ3n) is 4.29. The molecule has 0 spiro atoms. The smallest absolute Gasteiger partial charge is 0.244 e. The minimum atomic E-state index is -0.0659. The number of carbonyl (C=O) groups is 1. The monoisotopic (exact) mass is 320 g/mol. The van der Waals surface area contributed by atoms with Crippen LogP contribution in [0.4, 0.5) is 0 Å². The highest BCUT2D eigenvalue weighted by Crippen LogP contribution is 2.13. The first-order valence-electron chi connectivity index (χ1n) is 8.61. The van der Waals surface area contributed by atoms with Crippen molar-refractivity contribution < 1.29 is 4.79 Å². The Bertz CT molecular complexity index is 688. The van der Waals surface area contributed by atoms with Crippen molar-refractivity contribution in [2.75, 3.05) is 13.1 Å². The van der Waals surface area contributed by atoms with E-state index in [0.29, 0.717) is 6.54 Å². The second-order valence-corrected chi connectivity index (χ2v) is 6.27. The molecule has 124 valence electrons. The van der Waals surface area contributed by atoms with Crippen molar-refractivity contribution in [3.63, 3.8) is 0 Å². The Hall–Kier alpha value is -2.39. The Kier molecular flexibility index (Phi) is 5.80. The molecule has 24 heavy (non-hydrogen) atoms. The third-order valence-corrected chi connectivity index (χ3v) is 4.29. The number of likely N-dealkylation sites (tertiary alicyclic amines) is 1. The molecule has 1 amide bonds. The Morgan fingerprint density at radius 2 is 1.75 bits per heavy atom. The first-order chi connectivity index (χ1) is 11.8. The van der Waals surface area contributed by atoms with Crippen LogP contribution in [0.2, 0.25) is 0 Å². The van der Waals surface area contributed by atoms with E-state index in [4.69, 9.17) is 0 Å². The lowest BCUT2D eigenvalue weighted by Gasteiger charge is -2.15. The van der Waals surface area contributed by atoms with Gasteiger partial charge in [0.25, 0.3) is 0 Å². The summed E-state index contributed by atoms with van der Waals surface area (Å²) >= 11 is 0. The van der Waals surface area contributed by atoms with Gasteiger partial charge in [0, 0.05) is 19.2 Å². The summed E-state index contributed by atoms with van der Waals surface area (Å²) in [4.78, 5) is 14.4. The molecule has 0 aliphatic carbocycles. The van der Waals surface area contributed by atoms with Crippen LogP contribution in [0.25, 0.3) is 6.08 Å². The van der Waals surface area contributed by atoms with Gasteiger partial charge in [-0.15, -0.1) is 0 Å². The molecule has 1 N–H and O–H groups in total. The largest absolute Gasteiger partial charge is 0.348 e. The molecule has 0 atom stereocenters. The van der Waals surface area contributed by atoms with Gasteiger partial charge in [0.1, 0.15) is 0 Å². The van der Waals surface area contributed by atoms with Gasteiger partial charge in [-0.2, -0.15) is 0 Å². The van der Waals surface area contributed by atoms with Gasteiger partial charge in [0.15, 0.2) is 0 Å². The second-order valence-electron chi connectivity index (χ2n) is 6.27. The summed E-state index contributed by atoms with van der Waals surface area (Å²) < 4.78 is 0. The van der Waals surface area contributed by atoms with E-state index in [0.717, 1.165) is 17.7 Å². The number of hydrogen-bond donors (Lipinski definition) is 1. The van der Waals surface area contributed by atoms with Crippen LogP contribution >= 0.6 is 0 Å². The zero-order valence-corrected chi connectivity index (χ0v) is 13.9. The van der Waals surface area contributed by atoms with E-state index in [1.165, 1.54) is 31.5 Å². The zero-order chi connectivity index (χ0) is 16.6. The lowest BCUT2D eigenvalue weighted by Crippen LogP contribution is -2.21. The van der Waals surface area contributed by atoms with Crippen molar-refractivity contribution in [3.05, 3.63) is 77.4 Å². The maximum absolute atomic E-state index is 11.9. The fourth-order valence-corrected chi connectivity index (χ4v) is 3.02. The van der Waals surface area contributed by atoms with Gasteiger partial charge in [-0.25, -0.2) is 0 Å². The molecule has 3 heteroatoms. The summed E-state index contributed by atoms with van der Waals surface area (Å²) in [5, 5.41) is 2.95. The van der Waals surface area contributed by atoms with Crippen LogP contribution < -0.4 is 5.32 Å². The maximum Gasteiger partial charge on any atom is 0.244 e. The molecule has 0 saturated carbocycles. The zero-order valence-electron chi connectivity index (χ0n) is 13.9. The van der Waals surface area contributed by atoms with Crippen LogP contribution in [-0.2, 0) is 17.9 Å². The van der Waals surface area contributed by atoms with Crippen LogP contribution in [0.15, 0.2) is 60.7 Å². The minimum Gasteiger partial charge on any atom is -0.348 e. The lowest BCUT2D eigenvalue weighted by atomic mass is 10.1. The molecule has 0 bridgehead atoms. The molecule has 1 heterocycles. The van der Waals surface area contributed by atoms with Gasteiger partial charge in [0.2, 0.25) is 5.91 Å². The van der Waals surface area contributed by atoms with Crippen molar-refractivity contribution in [2.45, 2.75) is 25.9 Å². The molecule has 3 nitrogen and oxygen atoms in total. The van der Waals surface area contributed by atoms with Crippen molar-refractivity contribution in [1.82, 2.24) is 10.2 Å². The summed E-state index contributed by atoms with van der Waals surface area (Å²) in [7, 11) is 0. The van der Waals surface area contributed by atoms with E-state index in [1.807, 2.05) is 36.4 Å². The van der Waals surface area contributed by atoms with E-state index in [-0.39, 0.29) is 5.91 Å². The minimum absolute atomic E-state index is 0.0659. The summed E-state index contributed by atoms with van der Waals surface area (Å²) in [6.07, 6.45) is 6.04.